The van der Waals surface area contributed by atoms with Crippen LogP contribution in [0.15, 0.2) is 49.1 Å². The summed E-state index contributed by atoms with van der Waals surface area (Å²) in [6.07, 6.45) is 5.43. The number of nitrogens with two attached hydrogens (primary N) is 1. The van der Waals surface area contributed by atoms with Crippen molar-refractivity contribution in [2.75, 3.05) is 19.6 Å². The van der Waals surface area contributed by atoms with Gasteiger partial charge in [0.2, 0.25) is 5.91 Å². The predicted octanol–water partition coefficient (Wildman–Crippen LogP) is 2.98. The Labute approximate surface area is 188 Å². The second kappa shape index (κ2) is 7.92. The molecular weight excluding hydrogens is 426 g/mol. The molecule has 164 valence electrons. The van der Waals surface area contributed by atoms with Crippen molar-refractivity contribution >= 4 is 33.4 Å². The quantitative estimate of drug-likeness (QED) is 0.451. The smallest absolute Gasteiger partial charge is 0.345 e. The Morgan fingerprint density at radius 1 is 1.22 bits per heavy atom. The highest BCUT2D eigenvalue weighted by atomic mass is 32.1. The van der Waals surface area contributed by atoms with Crippen LogP contribution >= 0.6 is 11.3 Å². The fourth-order valence-electron chi connectivity index (χ4n) is 4.29. The SMILES string of the molecule is Cc1cc(-n2ccnc2)ccc1-c1cc2sc(C(=O)O)cc2n1CCN1CC(C(N)=O)C1. The molecule has 0 radical (unpaired) electrons. The maximum atomic E-state index is 11.5. The summed E-state index contributed by atoms with van der Waals surface area (Å²) in [7, 11) is 0. The summed E-state index contributed by atoms with van der Waals surface area (Å²) in [6, 6.07) is 10.1. The number of amides is 1. The van der Waals surface area contributed by atoms with E-state index in [0.29, 0.717) is 24.5 Å². The number of imidazole rings is 1. The van der Waals surface area contributed by atoms with Gasteiger partial charge in [-0.15, -0.1) is 11.3 Å². The second-order valence-electron chi connectivity index (χ2n) is 8.17. The first-order valence-electron chi connectivity index (χ1n) is 10.4. The number of nitrogens with zero attached hydrogens (tertiary/aromatic N) is 4. The van der Waals surface area contributed by atoms with Crippen molar-refractivity contribution in [3.63, 3.8) is 0 Å². The van der Waals surface area contributed by atoms with E-state index < -0.39 is 5.97 Å². The third kappa shape index (κ3) is 3.59. The van der Waals surface area contributed by atoms with Crippen molar-refractivity contribution < 1.29 is 14.7 Å². The number of hydrogen-bond donors (Lipinski definition) is 2. The first-order chi connectivity index (χ1) is 15.4. The highest BCUT2D eigenvalue weighted by molar-refractivity contribution is 7.20. The first-order valence-corrected chi connectivity index (χ1v) is 11.2. The maximum absolute atomic E-state index is 11.5. The van der Waals surface area contributed by atoms with Gasteiger partial charge in [-0.05, 0) is 36.8 Å². The molecule has 0 spiro atoms. The zero-order valence-corrected chi connectivity index (χ0v) is 18.4. The summed E-state index contributed by atoms with van der Waals surface area (Å²) in [5.74, 6) is -1.23. The highest BCUT2D eigenvalue weighted by Gasteiger charge is 2.30. The number of carbonyl (C=O) groups is 2. The van der Waals surface area contributed by atoms with E-state index in [0.717, 1.165) is 39.3 Å². The summed E-state index contributed by atoms with van der Waals surface area (Å²) in [4.78, 5) is 29.5. The van der Waals surface area contributed by atoms with E-state index in [-0.39, 0.29) is 11.8 Å². The van der Waals surface area contributed by atoms with Crippen LogP contribution in [0.5, 0.6) is 0 Å². The van der Waals surface area contributed by atoms with Gasteiger partial charge in [0.15, 0.2) is 0 Å². The van der Waals surface area contributed by atoms with E-state index in [2.05, 4.69) is 45.6 Å². The number of aromatic carboxylic acids is 1. The number of carbonyl (C=O) groups excluding carboxylic acids is 1. The molecule has 8 nitrogen and oxygen atoms in total. The number of fused-ring (bicyclic) bond motifs is 1. The molecule has 0 bridgehead atoms. The van der Waals surface area contributed by atoms with Crippen LogP contribution in [-0.4, -0.2) is 55.6 Å². The monoisotopic (exact) mass is 449 g/mol. The zero-order valence-electron chi connectivity index (χ0n) is 17.6. The van der Waals surface area contributed by atoms with Gasteiger partial charge in [-0.3, -0.25) is 9.69 Å². The van der Waals surface area contributed by atoms with E-state index in [1.54, 1.807) is 18.6 Å². The summed E-state index contributed by atoms with van der Waals surface area (Å²) in [6.45, 7) is 4.90. The van der Waals surface area contributed by atoms with Gasteiger partial charge in [0.25, 0.3) is 0 Å². The number of hydrogen-bond acceptors (Lipinski definition) is 5. The van der Waals surface area contributed by atoms with Crippen molar-refractivity contribution in [2.45, 2.75) is 13.5 Å². The molecule has 1 aromatic carbocycles. The fourth-order valence-corrected chi connectivity index (χ4v) is 5.23. The van der Waals surface area contributed by atoms with E-state index >= 15 is 0 Å². The number of benzene rings is 1. The van der Waals surface area contributed by atoms with Crippen LogP contribution < -0.4 is 5.73 Å². The molecule has 1 aliphatic heterocycles. The van der Waals surface area contributed by atoms with Gasteiger partial charge in [-0.2, -0.15) is 0 Å². The number of primary amides is 1. The molecule has 1 fully saturated rings. The highest BCUT2D eigenvalue weighted by Crippen LogP contribution is 2.36. The fraction of sp³-hybridized carbons (Fsp3) is 0.261. The lowest BCUT2D eigenvalue weighted by Crippen LogP contribution is -2.53. The van der Waals surface area contributed by atoms with Gasteiger partial charge in [-0.25, -0.2) is 9.78 Å². The number of thiophene rings is 1. The number of carboxylic acids is 1. The lowest BCUT2D eigenvalue weighted by molar-refractivity contribution is -0.126. The number of rotatable bonds is 7. The minimum atomic E-state index is -0.910. The second-order valence-corrected chi connectivity index (χ2v) is 9.26. The molecule has 1 aliphatic rings. The molecule has 0 atom stereocenters. The average molecular weight is 450 g/mol. The molecule has 1 saturated heterocycles. The molecule has 1 amide bonds. The molecule has 32 heavy (non-hydrogen) atoms. The largest absolute Gasteiger partial charge is 0.477 e. The molecule has 0 unspecified atom stereocenters. The van der Waals surface area contributed by atoms with Crippen LogP contribution in [0.1, 0.15) is 15.2 Å². The van der Waals surface area contributed by atoms with E-state index in [1.165, 1.54) is 11.3 Å². The average Bonchev–Trinajstić information content (AvgIpc) is 3.43. The Morgan fingerprint density at radius 2 is 2.03 bits per heavy atom. The van der Waals surface area contributed by atoms with Crippen LogP contribution in [-0.2, 0) is 11.3 Å². The topological polar surface area (TPSA) is 106 Å². The Balaban J connectivity index is 1.49. The molecule has 4 aromatic rings. The molecule has 3 aromatic heterocycles. The Hall–Kier alpha value is -3.43. The van der Waals surface area contributed by atoms with E-state index in [9.17, 15) is 14.7 Å². The van der Waals surface area contributed by atoms with Gasteiger partial charge in [0.1, 0.15) is 4.88 Å². The summed E-state index contributed by atoms with van der Waals surface area (Å²) in [5.41, 5.74) is 10.6. The van der Waals surface area contributed by atoms with Crippen LogP contribution in [0.3, 0.4) is 0 Å². The summed E-state index contributed by atoms with van der Waals surface area (Å²) in [5, 5.41) is 9.43. The van der Waals surface area contributed by atoms with Crippen molar-refractivity contribution in [3.8, 4) is 16.9 Å². The van der Waals surface area contributed by atoms with Gasteiger partial charge >= 0.3 is 5.97 Å². The Kier molecular flexibility index (Phi) is 5.07. The number of carboxylic acid groups (broad SMARTS) is 1. The molecule has 5 rings (SSSR count). The third-order valence-corrected chi connectivity index (χ3v) is 7.15. The Bertz CT molecular complexity index is 1320. The van der Waals surface area contributed by atoms with Crippen molar-refractivity contribution in [3.05, 3.63) is 59.5 Å². The molecular formula is C23H23N5O3S. The number of aryl methyl sites for hydroxylation is 1. The molecule has 9 heteroatoms. The lowest BCUT2D eigenvalue weighted by Gasteiger charge is -2.37. The van der Waals surface area contributed by atoms with Crippen LogP contribution in [0, 0.1) is 12.8 Å². The van der Waals surface area contributed by atoms with Gasteiger partial charge in [-0.1, -0.05) is 6.07 Å². The molecule has 3 N–H and O–H groups in total. The molecule has 0 saturated carbocycles. The third-order valence-electron chi connectivity index (χ3n) is 6.09. The minimum absolute atomic E-state index is 0.0723. The van der Waals surface area contributed by atoms with E-state index in [4.69, 9.17) is 5.73 Å². The van der Waals surface area contributed by atoms with Crippen LogP contribution in [0.2, 0.25) is 0 Å². The minimum Gasteiger partial charge on any atom is -0.477 e. The number of likely N-dealkylation sites (tertiary alicyclic amines) is 1. The molecule has 4 heterocycles. The number of aromatic nitrogens is 3. The molecule has 0 aliphatic carbocycles. The van der Waals surface area contributed by atoms with Gasteiger partial charge in [0.05, 0.1) is 28.2 Å². The summed E-state index contributed by atoms with van der Waals surface area (Å²) >= 11 is 1.29. The first kappa shape index (κ1) is 20.5. The van der Waals surface area contributed by atoms with Gasteiger partial charge < -0.3 is 20.0 Å². The van der Waals surface area contributed by atoms with E-state index in [1.807, 2.05) is 10.8 Å². The van der Waals surface area contributed by atoms with Crippen molar-refractivity contribution in [2.24, 2.45) is 11.7 Å². The summed E-state index contributed by atoms with van der Waals surface area (Å²) < 4.78 is 5.11. The lowest BCUT2D eigenvalue weighted by atomic mass is 10.00. The van der Waals surface area contributed by atoms with Crippen molar-refractivity contribution in [1.29, 1.82) is 0 Å². The predicted molar refractivity (Wildman–Crippen MR) is 123 cm³/mol. The zero-order chi connectivity index (χ0) is 22.4. The normalized spacial score (nSPS) is 14.7. The standard InChI is InChI=1S/C23H23N5O3S/c1-14-8-16(27-5-4-25-13-27)2-3-17(14)18-9-20-19(10-21(32-20)23(30)31)28(18)7-6-26-11-15(12-26)22(24)29/h2-5,8-10,13,15H,6-7,11-12H2,1H3,(H2,24,29)(H,30,31). The van der Waals surface area contributed by atoms with Crippen LogP contribution in [0.4, 0.5) is 0 Å². The van der Waals surface area contributed by atoms with Crippen LogP contribution in [0.25, 0.3) is 27.2 Å². The van der Waals surface area contributed by atoms with Crippen molar-refractivity contribution in [1.82, 2.24) is 19.0 Å². The maximum Gasteiger partial charge on any atom is 0.345 e. The van der Waals surface area contributed by atoms with Gasteiger partial charge in [0, 0.05) is 49.8 Å². The Morgan fingerprint density at radius 3 is 2.69 bits per heavy atom.